The van der Waals surface area contributed by atoms with Crippen molar-refractivity contribution in [1.29, 1.82) is 0 Å². The summed E-state index contributed by atoms with van der Waals surface area (Å²) in [4.78, 5) is 28.0. The van der Waals surface area contributed by atoms with Gasteiger partial charge >= 0.3 is 6.18 Å². The number of rotatable bonds is 9. The van der Waals surface area contributed by atoms with Crippen molar-refractivity contribution in [1.82, 2.24) is 10.2 Å². The summed E-state index contributed by atoms with van der Waals surface area (Å²) < 4.78 is 69.1. The molecule has 0 aliphatic carbocycles. The summed E-state index contributed by atoms with van der Waals surface area (Å²) in [6, 6.07) is 15.0. The molecule has 0 aliphatic heterocycles. The molecule has 42 heavy (non-hydrogen) atoms. The standard InChI is InChI=1S/C30H33ClF3N3O4S/c1-20-13-15-25(16-14-20)42(40,41)37(24-11-8-10-23(17-24)30(32,33)34)19-27(38)36(18-22-9-6-7-12-26(22)31)21(2)28(39)35-29(3,4)5/h6-17,21H,18-19H2,1-5H3,(H,35,39)/t21-/m0/s1. The highest BCUT2D eigenvalue weighted by Gasteiger charge is 2.36. The van der Waals surface area contributed by atoms with E-state index in [1.807, 2.05) is 0 Å². The van der Waals surface area contributed by atoms with Crippen molar-refractivity contribution < 1.29 is 31.2 Å². The second-order valence-corrected chi connectivity index (χ2v) is 13.2. The number of anilines is 1. The van der Waals surface area contributed by atoms with Crippen LogP contribution in [0.4, 0.5) is 18.9 Å². The maximum atomic E-state index is 13.9. The van der Waals surface area contributed by atoms with E-state index in [0.29, 0.717) is 21.0 Å². The molecule has 0 unspecified atom stereocenters. The lowest BCUT2D eigenvalue weighted by Crippen LogP contribution is -2.54. The Kier molecular flexibility index (Phi) is 10.00. The summed E-state index contributed by atoms with van der Waals surface area (Å²) in [7, 11) is -4.53. The highest BCUT2D eigenvalue weighted by molar-refractivity contribution is 7.92. The van der Waals surface area contributed by atoms with Gasteiger partial charge in [0.1, 0.15) is 12.6 Å². The van der Waals surface area contributed by atoms with E-state index in [1.54, 1.807) is 64.1 Å². The molecule has 0 aliphatic rings. The predicted octanol–water partition coefficient (Wildman–Crippen LogP) is 6.19. The van der Waals surface area contributed by atoms with Crippen LogP contribution in [0.3, 0.4) is 0 Å². The Bertz CT molecular complexity index is 1540. The number of hydrogen-bond acceptors (Lipinski definition) is 4. The van der Waals surface area contributed by atoms with Crippen molar-refractivity contribution in [2.24, 2.45) is 0 Å². The molecule has 12 heteroatoms. The molecular formula is C30H33ClF3N3O4S. The van der Waals surface area contributed by atoms with E-state index < -0.39 is 51.7 Å². The molecule has 0 bridgehead atoms. The van der Waals surface area contributed by atoms with Gasteiger partial charge in [-0.2, -0.15) is 13.2 Å². The van der Waals surface area contributed by atoms with Gasteiger partial charge in [0.2, 0.25) is 11.8 Å². The highest BCUT2D eigenvalue weighted by atomic mass is 35.5. The summed E-state index contributed by atoms with van der Waals surface area (Å²) in [5.74, 6) is -1.32. The van der Waals surface area contributed by atoms with Gasteiger partial charge in [0.25, 0.3) is 10.0 Å². The molecule has 1 N–H and O–H groups in total. The number of aryl methyl sites for hydroxylation is 1. The minimum atomic E-state index is -4.75. The van der Waals surface area contributed by atoms with Gasteiger partial charge in [-0.3, -0.25) is 13.9 Å². The fraction of sp³-hybridized carbons (Fsp3) is 0.333. The number of sulfonamides is 1. The number of amides is 2. The number of nitrogens with one attached hydrogen (secondary N) is 1. The molecule has 0 saturated heterocycles. The molecule has 3 aromatic carbocycles. The first kappa shape index (κ1) is 32.9. The minimum Gasteiger partial charge on any atom is -0.350 e. The molecule has 3 rings (SSSR count). The molecule has 226 valence electrons. The van der Waals surface area contributed by atoms with E-state index in [4.69, 9.17) is 11.6 Å². The van der Waals surface area contributed by atoms with Crippen LogP contribution < -0.4 is 9.62 Å². The third-order valence-electron chi connectivity index (χ3n) is 6.31. The van der Waals surface area contributed by atoms with E-state index >= 15 is 0 Å². The lowest BCUT2D eigenvalue weighted by molar-refractivity contribution is -0.140. The van der Waals surface area contributed by atoms with Gasteiger partial charge in [0.15, 0.2) is 0 Å². The van der Waals surface area contributed by atoms with Crippen LogP contribution in [0.1, 0.15) is 44.4 Å². The summed E-state index contributed by atoms with van der Waals surface area (Å²) in [5.41, 5.74) is -0.815. The first-order chi connectivity index (χ1) is 19.4. The van der Waals surface area contributed by atoms with E-state index in [2.05, 4.69) is 5.32 Å². The van der Waals surface area contributed by atoms with Crippen molar-refractivity contribution in [3.05, 3.63) is 94.5 Å². The smallest absolute Gasteiger partial charge is 0.350 e. The summed E-state index contributed by atoms with van der Waals surface area (Å²) in [6.45, 7) is 7.50. The lowest BCUT2D eigenvalue weighted by atomic mass is 10.1. The van der Waals surface area contributed by atoms with Gasteiger partial charge < -0.3 is 10.2 Å². The number of benzene rings is 3. The Hall–Kier alpha value is -3.57. The van der Waals surface area contributed by atoms with Crippen molar-refractivity contribution in [2.45, 2.75) is 63.8 Å². The summed E-state index contributed by atoms with van der Waals surface area (Å²) in [6.07, 6.45) is -4.75. The summed E-state index contributed by atoms with van der Waals surface area (Å²) in [5, 5.41) is 3.12. The van der Waals surface area contributed by atoms with Gasteiger partial charge in [-0.25, -0.2) is 8.42 Å². The van der Waals surface area contributed by atoms with Crippen LogP contribution in [0.25, 0.3) is 0 Å². The minimum absolute atomic E-state index is 0.155. The zero-order valence-corrected chi connectivity index (χ0v) is 25.4. The fourth-order valence-corrected chi connectivity index (χ4v) is 5.67. The van der Waals surface area contributed by atoms with Crippen molar-refractivity contribution in [3.8, 4) is 0 Å². The molecule has 0 saturated carbocycles. The van der Waals surface area contributed by atoms with E-state index in [1.165, 1.54) is 25.1 Å². The third-order valence-corrected chi connectivity index (χ3v) is 8.47. The van der Waals surface area contributed by atoms with Gasteiger partial charge in [-0.15, -0.1) is 0 Å². The summed E-state index contributed by atoms with van der Waals surface area (Å²) >= 11 is 6.34. The van der Waals surface area contributed by atoms with Crippen molar-refractivity contribution in [2.75, 3.05) is 10.8 Å². The van der Waals surface area contributed by atoms with Gasteiger partial charge in [-0.05, 0) is 76.6 Å². The first-order valence-corrected chi connectivity index (χ1v) is 14.8. The molecule has 0 aromatic heterocycles. The van der Waals surface area contributed by atoms with Crippen molar-refractivity contribution in [3.63, 3.8) is 0 Å². The number of alkyl halides is 3. The topological polar surface area (TPSA) is 86.8 Å². The predicted molar refractivity (Wildman–Crippen MR) is 157 cm³/mol. The molecule has 3 aromatic rings. The van der Waals surface area contributed by atoms with Crippen LogP contribution in [0.5, 0.6) is 0 Å². The largest absolute Gasteiger partial charge is 0.416 e. The van der Waals surface area contributed by atoms with Gasteiger partial charge in [0.05, 0.1) is 16.1 Å². The second kappa shape index (κ2) is 12.7. The molecule has 1 atom stereocenters. The van der Waals surface area contributed by atoms with E-state index in [0.717, 1.165) is 22.6 Å². The van der Waals surface area contributed by atoms with Crippen LogP contribution in [-0.2, 0) is 32.3 Å². The average molecular weight is 624 g/mol. The van der Waals surface area contributed by atoms with E-state index in [-0.39, 0.29) is 17.1 Å². The van der Waals surface area contributed by atoms with Crippen LogP contribution in [0, 0.1) is 6.92 Å². The molecule has 0 heterocycles. The Morgan fingerprint density at radius 1 is 0.952 bits per heavy atom. The molecular weight excluding hydrogens is 591 g/mol. The van der Waals surface area contributed by atoms with Gasteiger partial charge in [0, 0.05) is 17.1 Å². The Morgan fingerprint density at radius 3 is 2.14 bits per heavy atom. The average Bonchev–Trinajstić information content (AvgIpc) is 2.89. The Balaban J connectivity index is 2.11. The molecule has 0 fully saturated rings. The lowest BCUT2D eigenvalue weighted by Gasteiger charge is -2.33. The number of carbonyl (C=O) groups is 2. The van der Waals surface area contributed by atoms with E-state index in [9.17, 15) is 31.2 Å². The van der Waals surface area contributed by atoms with Crippen LogP contribution in [0.2, 0.25) is 5.02 Å². The van der Waals surface area contributed by atoms with Crippen LogP contribution in [-0.4, -0.2) is 43.3 Å². The molecule has 0 spiro atoms. The van der Waals surface area contributed by atoms with Gasteiger partial charge in [-0.1, -0.05) is 53.6 Å². The zero-order valence-electron chi connectivity index (χ0n) is 23.9. The number of carbonyl (C=O) groups excluding carboxylic acids is 2. The fourth-order valence-electron chi connectivity index (χ4n) is 4.07. The first-order valence-electron chi connectivity index (χ1n) is 13.0. The number of nitrogens with zero attached hydrogens (tertiary/aromatic N) is 2. The number of hydrogen-bond donors (Lipinski definition) is 1. The SMILES string of the molecule is Cc1ccc(S(=O)(=O)N(CC(=O)N(Cc2ccccc2Cl)[C@@H](C)C(=O)NC(C)(C)C)c2cccc(C(F)(F)F)c2)cc1. The maximum Gasteiger partial charge on any atom is 0.416 e. The quantitative estimate of drug-likeness (QED) is 0.308. The Labute approximate surface area is 249 Å². The highest BCUT2D eigenvalue weighted by Crippen LogP contribution is 2.33. The van der Waals surface area contributed by atoms with Crippen LogP contribution in [0.15, 0.2) is 77.7 Å². The number of halogens is 4. The molecule has 0 radical (unpaired) electrons. The Morgan fingerprint density at radius 2 is 1.57 bits per heavy atom. The van der Waals surface area contributed by atoms with Crippen LogP contribution >= 0.6 is 11.6 Å². The van der Waals surface area contributed by atoms with Crippen molar-refractivity contribution >= 4 is 39.1 Å². The molecule has 7 nitrogen and oxygen atoms in total. The maximum absolute atomic E-state index is 13.9. The normalized spacial score (nSPS) is 12.9. The monoisotopic (exact) mass is 623 g/mol. The zero-order chi connectivity index (χ0) is 31.5. The third kappa shape index (κ3) is 8.25. The molecule has 2 amide bonds. The second-order valence-electron chi connectivity index (χ2n) is 10.9.